The van der Waals surface area contributed by atoms with Crippen molar-refractivity contribution in [1.82, 2.24) is 0 Å². The number of hydrogen-bond acceptors (Lipinski definition) is 5. The van der Waals surface area contributed by atoms with Gasteiger partial charge in [-0.1, -0.05) is 0 Å². The Morgan fingerprint density at radius 1 is 1.19 bits per heavy atom. The molecule has 21 heavy (non-hydrogen) atoms. The number of carbonyl (C=O) groups excluding carboxylic acids is 2. The number of thiophene rings is 1. The van der Waals surface area contributed by atoms with Crippen molar-refractivity contribution in [3.63, 3.8) is 0 Å². The van der Waals surface area contributed by atoms with E-state index in [0.29, 0.717) is 10.4 Å². The fourth-order valence-electron chi connectivity index (χ4n) is 1.75. The van der Waals surface area contributed by atoms with E-state index < -0.39 is 5.82 Å². The zero-order chi connectivity index (χ0) is 15.4. The van der Waals surface area contributed by atoms with Gasteiger partial charge in [0, 0.05) is 10.4 Å². The van der Waals surface area contributed by atoms with Gasteiger partial charge in [-0.3, -0.25) is 9.59 Å². The van der Waals surface area contributed by atoms with Gasteiger partial charge >= 0.3 is 5.97 Å². The van der Waals surface area contributed by atoms with Crippen LogP contribution in [0, 0.1) is 5.82 Å². The second kappa shape index (κ2) is 6.49. The summed E-state index contributed by atoms with van der Waals surface area (Å²) in [6.45, 7) is 0. The van der Waals surface area contributed by atoms with E-state index >= 15 is 0 Å². The van der Waals surface area contributed by atoms with E-state index in [0.717, 1.165) is 4.88 Å². The molecule has 0 atom stereocenters. The fourth-order valence-corrected chi connectivity index (χ4v) is 2.71. The largest absolute Gasteiger partial charge is 0.494 e. The van der Waals surface area contributed by atoms with Gasteiger partial charge in [0.2, 0.25) is 5.78 Å². The lowest BCUT2D eigenvalue weighted by atomic mass is 10.1. The summed E-state index contributed by atoms with van der Waals surface area (Å²) in [4.78, 5) is 24.7. The second-order valence-corrected chi connectivity index (χ2v) is 5.37. The predicted molar refractivity (Wildman–Crippen MR) is 76.4 cm³/mol. The Labute approximate surface area is 125 Å². The molecule has 1 aromatic carbocycles. The van der Waals surface area contributed by atoms with Crippen LogP contribution in [0.3, 0.4) is 0 Å². The molecule has 0 fully saturated rings. The van der Waals surface area contributed by atoms with Gasteiger partial charge in [-0.2, -0.15) is 0 Å². The van der Waals surface area contributed by atoms with Crippen LogP contribution in [0.1, 0.15) is 20.1 Å². The van der Waals surface area contributed by atoms with Crippen molar-refractivity contribution in [3.8, 4) is 5.75 Å². The summed E-state index contributed by atoms with van der Waals surface area (Å²) in [5.41, 5.74) is 0.333. The Kier molecular flexibility index (Phi) is 4.70. The number of halogens is 1. The molecule has 0 saturated heterocycles. The molecular formula is C15H13FO4S. The van der Waals surface area contributed by atoms with Crippen LogP contribution in [0.15, 0.2) is 30.3 Å². The number of methoxy groups -OCH3 is 2. The van der Waals surface area contributed by atoms with Gasteiger partial charge < -0.3 is 9.47 Å². The highest BCUT2D eigenvalue weighted by Gasteiger charge is 2.15. The van der Waals surface area contributed by atoms with Crippen LogP contribution in [0.5, 0.6) is 5.75 Å². The third kappa shape index (κ3) is 3.46. The number of esters is 1. The van der Waals surface area contributed by atoms with E-state index in [4.69, 9.17) is 4.74 Å². The molecule has 0 aliphatic heterocycles. The molecule has 0 N–H and O–H groups in total. The van der Waals surface area contributed by atoms with Gasteiger partial charge in [-0.15, -0.1) is 11.3 Å². The van der Waals surface area contributed by atoms with E-state index in [9.17, 15) is 14.0 Å². The van der Waals surface area contributed by atoms with E-state index in [1.807, 2.05) is 0 Å². The van der Waals surface area contributed by atoms with Crippen molar-refractivity contribution in [2.75, 3.05) is 14.2 Å². The van der Waals surface area contributed by atoms with Crippen LogP contribution < -0.4 is 4.74 Å². The minimum Gasteiger partial charge on any atom is -0.494 e. The van der Waals surface area contributed by atoms with Crippen LogP contribution in [-0.2, 0) is 16.0 Å². The van der Waals surface area contributed by atoms with E-state index in [-0.39, 0.29) is 23.9 Å². The monoisotopic (exact) mass is 308 g/mol. The normalized spacial score (nSPS) is 10.2. The molecule has 0 radical (unpaired) electrons. The molecule has 2 rings (SSSR count). The SMILES string of the molecule is COC(=O)Cc1ccc(C(=O)c2ccc(F)c(OC)c2)s1. The van der Waals surface area contributed by atoms with Gasteiger partial charge in [0.25, 0.3) is 0 Å². The molecule has 0 bridgehead atoms. The highest BCUT2D eigenvalue weighted by Crippen LogP contribution is 2.24. The molecule has 0 aliphatic rings. The lowest BCUT2D eigenvalue weighted by molar-refractivity contribution is -0.139. The minimum atomic E-state index is -0.522. The van der Waals surface area contributed by atoms with Gasteiger partial charge in [0.15, 0.2) is 11.6 Å². The smallest absolute Gasteiger partial charge is 0.310 e. The van der Waals surface area contributed by atoms with Crippen molar-refractivity contribution in [3.05, 3.63) is 51.5 Å². The highest BCUT2D eigenvalue weighted by atomic mass is 32.1. The molecule has 2 aromatic rings. The quantitative estimate of drug-likeness (QED) is 0.629. The Balaban J connectivity index is 2.22. The molecule has 1 aromatic heterocycles. The van der Waals surface area contributed by atoms with Crippen molar-refractivity contribution < 1.29 is 23.5 Å². The number of ether oxygens (including phenoxy) is 2. The van der Waals surface area contributed by atoms with Crippen LogP contribution >= 0.6 is 11.3 Å². The zero-order valence-corrected chi connectivity index (χ0v) is 12.3. The lowest BCUT2D eigenvalue weighted by Crippen LogP contribution is -2.02. The number of carbonyl (C=O) groups is 2. The summed E-state index contributed by atoms with van der Waals surface area (Å²) in [6, 6.07) is 7.29. The molecule has 0 aliphatic carbocycles. The molecular weight excluding hydrogens is 295 g/mol. The Morgan fingerprint density at radius 2 is 1.95 bits per heavy atom. The van der Waals surface area contributed by atoms with Crippen LogP contribution in [0.2, 0.25) is 0 Å². The average molecular weight is 308 g/mol. The maximum atomic E-state index is 13.3. The molecule has 4 nitrogen and oxygen atoms in total. The molecule has 6 heteroatoms. The summed E-state index contributed by atoms with van der Waals surface area (Å²) >= 11 is 1.21. The van der Waals surface area contributed by atoms with Crippen molar-refractivity contribution in [1.29, 1.82) is 0 Å². The Morgan fingerprint density at radius 3 is 2.62 bits per heavy atom. The average Bonchev–Trinajstić information content (AvgIpc) is 2.95. The summed E-state index contributed by atoms with van der Waals surface area (Å²) in [5, 5.41) is 0. The molecule has 0 saturated carbocycles. The van der Waals surface area contributed by atoms with Crippen molar-refractivity contribution in [2.24, 2.45) is 0 Å². The predicted octanol–water partition coefficient (Wildman–Crippen LogP) is 2.84. The number of ketones is 1. The van der Waals surface area contributed by atoms with E-state index in [1.54, 1.807) is 12.1 Å². The number of hydrogen-bond donors (Lipinski definition) is 0. The molecule has 110 valence electrons. The first-order valence-electron chi connectivity index (χ1n) is 6.09. The van der Waals surface area contributed by atoms with Crippen LogP contribution in [0.25, 0.3) is 0 Å². The number of rotatable bonds is 5. The van der Waals surface area contributed by atoms with Gasteiger partial charge in [0.05, 0.1) is 25.5 Å². The maximum absolute atomic E-state index is 13.3. The zero-order valence-electron chi connectivity index (χ0n) is 11.5. The minimum absolute atomic E-state index is 0.0205. The fraction of sp³-hybridized carbons (Fsp3) is 0.200. The molecule has 0 unspecified atom stereocenters. The third-order valence-electron chi connectivity index (χ3n) is 2.84. The standard InChI is InChI=1S/C15H13FO4S/c1-19-12-7-9(3-5-11(12)16)15(18)13-6-4-10(21-13)8-14(17)20-2/h3-7H,8H2,1-2H3. The molecule has 0 spiro atoms. The van der Waals surface area contributed by atoms with E-state index in [1.165, 1.54) is 43.8 Å². The van der Waals surface area contributed by atoms with E-state index in [2.05, 4.69) is 4.74 Å². The summed E-state index contributed by atoms with van der Waals surface area (Å²) < 4.78 is 22.8. The topological polar surface area (TPSA) is 52.6 Å². The summed E-state index contributed by atoms with van der Waals surface area (Å²) in [6.07, 6.45) is 0.126. The van der Waals surface area contributed by atoms with Gasteiger partial charge in [-0.05, 0) is 30.3 Å². The maximum Gasteiger partial charge on any atom is 0.310 e. The first kappa shape index (κ1) is 15.2. The summed E-state index contributed by atoms with van der Waals surface area (Å²) in [7, 11) is 2.65. The van der Waals surface area contributed by atoms with Gasteiger partial charge in [0.1, 0.15) is 0 Å². The first-order chi connectivity index (χ1) is 10.0. The van der Waals surface area contributed by atoms with Crippen molar-refractivity contribution in [2.45, 2.75) is 6.42 Å². The third-order valence-corrected chi connectivity index (χ3v) is 3.93. The summed E-state index contributed by atoms with van der Waals surface area (Å²) in [5.74, 6) is -1.10. The van der Waals surface area contributed by atoms with Crippen molar-refractivity contribution >= 4 is 23.1 Å². The number of benzene rings is 1. The molecule has 0 amide bonds. The second-order valence-electron chi connectivity index (χ2n) is 4.20. The van der Waals surface area contributed by atoms with Crippen LogP contribution in [-0.4, -0.2) is 26.0 Å². The van der Waals surface area contributed by atoms with Gasteiger partial charge in [-0.25, -0.2) is 4.39 Å². The Bertz CT molecular complexity index is 678. The van der Waals surface area contributed by atoms with Crippen LogP contribution in [0.4, 0.5) is 4.39 Å². The lowest BCUT2D eigenvalue weighted by Gasteiger charge is -2.04. The molecule has 1 heterocycles. The highest BCUT2D eigenvalue weighted by molar-refractivity contribution is 7.14. The Hall–Kier alpha value is -2.21. The first-order valence-corrected chi connectivity index (χ1v) is 6.90.